The van der Waals surface area contributed by atoms with Crippen LogP contribution in [0.5, 0.6) is 0 Å². The van der Waals surface area contributed by atoms with E-state index in [9.17, 15) is 9.90 Å². The van der Waals surface area contributed by atoms with E-state index in [2.05, 4.69) is 11.9 Å². The van der Waals surface area contributed by atoms with Crippen molar-refractivity contribution in [2.24, 2.45) is 5.92 Å². The van der Waals surface area contributed by atoms with Crippen LogP contribution < -0.4 is 0 Å². The smallest absolute Gasteiger partial charge is 0.166 e. The van der Waals surface area contributed by atoms with Gasteiger partial charge in [-0.3, -0.25) is 4.79 Å². The van der Waals surface area contributed by atoms with Crippen LogP contribution in [0.25, 0.3) is 0 Å². The van der Waals surface area contributed by atoms with Crippen molar-refractivity contribution in [2.45, 2.75) is 25.4 Å². The summed E-state index contributed by atoms with van der Waals surface area (Å²) < 4.78 is 0. The van der Waals surface area contributed by atoms with E-state index in [1.54, 1.807) is 12.1 Å². The molecule has 0 radical (unpaired) electrons. The van der Waals surface area contributed by atoms with E-state index in [1.807, 2.05) is 18.2 Å². The van der Waals surface area contributed by atoms with Gasteiger partial charge in [-0.2, -0.15) is 0 Å². The molecule has 0 bridgehead atoms. The molecule has 1 unspecified atom stereocenters. The number of Topliss-reactive ketones (excluding diaryl/α,β-unsaturated/α-hetero) is 1. The first kappa shape index (κ1) is 13.2. The van der Waals surface area contributed by atoms with E-state index in [4.69, 9.17) is 0 Å². The zero-order valence-corrected chi connectivity index (χ0v) is 10.9. The van der Waals surface area contributed by atoms with Gasteiger partial charge in [0.05, 0.1) is 0 Å². The van der Waals surface area contributed by atoms with Gasteiger partial charge in [-0.15, -0.1) is 0 Å². The molecular weight excluding hydrogens is 226 g/mol. The van der Waals surface area contributed by atoms with Gasteiger partial charge in [-0.05, 0) is 37.9 Å². The van der Waals surface area contributed by atoms with E-state index in [1.165, 1.54) is 0 Å². The van der Waals surface area contributed by atoms with Gasteiger partial charge in [0.25, 0.3) is 0 Å². The Hall–Kier alpha value is -1.19. The molecule has 0 spiro atoms. The minimum atomic E-state index is -0.960. The lowest BCUT2D eigenvalue weighted by Gasteiger charge is -2.29. The van der Waals surface area contributed by atoms with Crippen LogP contribution in [0.3, 0.4) is 0 Å². The highest BCUT2D eigenvalue weighted by atomic mass is 16.3. The molecule has 3 heteroatoms. The number of aliphatic hydroxyl groups excluding tert-OH is 1. The van der Waals surface area contributed by atoms with Crippen LogP contribution in [0.15, 0.2) is 30.3 Å². The zero-order valence-electron chi connectivity index (χ0n) is 10.9. The largest absolute Gasteiger partial charge is 0.381 e. The van der Waals surface area contributed by atoms with Crippen molar-refractivity contribution < 1.29 is 9.90 Å². The van der Waals surface area contributed by atoms with Gasteiger partial charge in [0, 0.05) is 13.0 Å². The molecule has 0 aromatic heterocycles. The molecule has 1 aliphatic heterocycles. The van der Waals surface area contributed by atoms with E-state index < -0.39 is 6.10 Å². The minimum absolute atomic E-state index is 0.0542. The summed E-state index contributed by atoms with van der Waals surface area (Å²) in [7, 11) is 2.09. The highest BCUT2D eigenvalue weighted by Gasteiger charge is 2.24. The molecule has 3 nitrogen and oxygen atoms in total. The molecule has 1 N–H and O–H groups in total. The van der Waals surface area contributed by atoms with Crippen molar-refractivity contribution in [3.63, 3.8) is 0 Å². The van der Waals surface area contributed by atoms with Gasteiger partial charge in [-0.1, -0.05) is 30.3 Å². The fourth-order valence-corrected chi connectivity index (χ4v) is 2.66. The Balaban J connectivity index is 1.91. The standard InChI is InChI=1S/C15H21NO2/c1-16-9-5-6-12(11-16)10-14(17)15(18)13-7-3-2-4-8-13/h2-4,7-8,12,15,18H,5-6,9-11H2,1H3/t12-,15?/m1/s1. The first-order chi connectivity index (χ1) is 8.66. The SMILES string of the molecule is CN1CCC[C@H](CC(=O)C(O)c2ccccc2)C1. The molecule has 1 aliphatic rings. The molecule has 2 atom stereocenters. The van der Waals surface area contributed by atoms with Crippen LogP contribution in [0.2, 0.25) is 0 Å². The first-order valence-corrected chi connectivity index (χ1v) is 6.61. The lowest BCUT2D eigenvalue weighted by molar-refractivity contribution is -0.128. The summed E-state index contributed by atoms with van der Waals surface area (Å²) in [5, 5.41) is 10.0. The number of nitrogens with zero attached hydrogens (tertiary/aromatic N) is 1. The topological polar surface area (TPSA) is 40.5 Å². The fraction of sp³-hybridized carbons (Fsp3) is 0.533. The molecular formula is C15H21NO2. The fourth-order valence-electron chi connectivity index (χ4n) is 2.66. The third-order valence-corrected chi connectivity index (χ3v) is 3.63. The summed E-state index contributed by atoms with van der Waals surface area (Å²) in [4.78, 5) is 14.3. The average Bonchev–Trinajstić information content (AvgIpc) is 2.39. The summed E-state index contributed by atoms with van der Waals surface area (Å²) in [6.45, 7) is 2.08. The number of piperidine rings is 1. The molecule has 18 heavy (non-hydrogen) atoms. The number of hydrogen-bond acceptors (Lipinski definition) is 3. The third kappa shape index (κ3) is 3.40. The average molecular weight is 247 g/mol. The van der Waals surface area contributed by atoms with Crippen molar-refractivity contribution in [1.29, 1.82) is 0 Å². The van der Waals surface area contributed by atoms with Gasteiger partial charge in [0.15, 0.2) is 5.78 Å². The van der Waals surface area contributed by atoms with E-state index >= 15 is 0 Å². The summed E-state index contributed by atoms with van der Waals surface area (Å²) >= 11 is 0. The maximum atomic E-state index is 12.0. The van der Waals surface area contributed by atoms with Crippen LogP contribution in [-0.2, 0) is 4.79 Å². The van der Waals surface area contributed by atoms with Gasteiger partial charge >= 0.3 is 0 Å². The molecule has 1 aromatic rings. The quantitative estimate of drug-likeness (QED) is 0.885. The summed E-state index contributed by atoms with van der Waals surface area (Å²) in [5.74, 6) is 0.344. The number of likely N-dealkylation sites (tertiary alicyclic amines) is 1. The van der Waals surface area contributed by atoms with Crippen LogP contribution in [-0.4, -0.2) is 35.9 Å². The Bertz CT molecular complexity index is 391. The monoisotopic (exact) mass is 247 g/mol. The van der Waals surface area contributed by atoms with Gasteiger partial charge in [0.1, 0.15) is 6.10 Å². The number of hydrogen-bond donors (Lipinski definition) is 1. The van der Waals surface area contributed by atoms with Crippen molar-refractivity contribution in [2.75, 3.05) is 20.1 Å². The molecule has 1 fully saturated rings. The minimum Gasteiger partial charge on any atom is -0.381 e. The summed E-state index contributed by atoms with van der Waals surface area (Å²) in [6.07, 6.45) is 1.77. The molecule has 2 rings (SSSR count). The molecule has 1 heterocycles. The Morgan fingerprint density at radius 3 is 2.83 bits per heavy atom. The summed E-state index contributed by atoms with van der Waals surface area (Å²) in [6, 6.07) is 9.18. The second kappa shape index (κ2) is 6.12. The number of ketones is 1. The molecule has 0 saturated carbocycles. The molecule has 1 aromatic carbocycles. The van der Waals surface area contributed by atoms with Crippen molar-refractivity contribution in [1.82, 2.24) is 4.90 Å². The van der Waals surface area contributed by atoms with Crippen LogP contribution in [0, 0.1) is 5.92 Å². The van der Waals surface area contributed by atoms with E-state index in [-0.39, 0.29) is 5.78 Å². The Morgan fingerprint density at radius 1 is 1.44 bits per heavy atom. The number of aliphatic hydroxyl groups is 1. The number of rotatable bonds is 4. The zero-order chi connectivity index (χ0) is 13.0. The predicted octanol–water partition coefficient (Wildman–Crippen LogP) is 2.02. The predicted molar refractivity (Wildman–Crippen MR) is 71.2 cm³/mol. The van der Waals surface area contributed by atoms with Crippen molar-refractivity contribution in [3.8, 4) is 0 Å². The van der Waals surface area contributed by atoms with E-state index in [0.29, 0.717) is 17.9 Å². The Labute approximate surface area is 108 Å². The van der Waals surface area contributed by atoms with Crippen LogP contribution in [0.4, 0.5) is 0 Å². The number of benzene rings is 1. The Morgan fingerprint density at radius 2 is 2.17 bits per heavy atom. The van der Waals surface area contributed by atoms with Gasteiger partial charge < -0.3 is 10.0 Å². The highest BCUT2D eigenvalue weighted by molar-refractivity contribution is 5.84. The molecule has 98 valence electrons. The van der Waals surface area contributed by atoms with Crippen LogP contribution >= 0.6 is 0 Å². The normalized spacial score (nSPS) is 22.7. The first-order valence-electron chi connectivity index (χ1n) is 6.61. The molecule has 1 saturated heterocycles. The summed E-state index contributed by atoms with van der Waals surface area (Å²) in [5.41, 5.74) is 0.701. The third-order valence-electron chi connectivity index (χ3n) is 3.63. The van der Waals surface area contributed by atoms with Gasteiger partial charge in [0.2, 0.25) is 0 Å². The van der Waals surface area contributed by atoms with E-state index in [0.717, 1.165) is 25.9 Å². The maximum absolute atomic E-state index is 12.0. The maximum Gasteiger partial charge on any atom is 0.166 e. The lowest BCUT2D eigenvalue weighted by atomic mass is 9.90. The molecule has 0 aliphatic carbocycles. The van der Waals surface area contributed by atoms with Crippen LogP contribution in [0.1, 0.15) is 30.9 Å². The highest BCUT2D eigenvalue weighted by Crippen LogP contribution is 2.23. The Kier molecular flexibility index (Phi) is 4.50. The van der Waals surface area contributed by atoms with Crippen molar-refractivity contribution >= 4 is 5.78 Å². The second-order valence-electron chi connectivity index (χ2n) is 5.25. The number of carbonyl (C=O) groups is 1. The molecule has 0 amide bonds. The second-order valence-corrected chi connectivity index (χ2v) is 5.25. The lowest BCUT2D eigenvalue weighted by Crippen LogP contribution is -2.33. The van der Waals surface area contributed by atoms with Gasteiger partial charge in [-0.25, -0.2) is 0 Å². The number of carbonyl (C=O) groups excluding carboxylic acids is 1. The van der Waals surface area contributed by atoms with Crippen molar-refractivity contribution in [3.05, 3.63) is 35.9 Å².